The van der Waals surface area contributed by atoms with E-state index in [0.29, 0.717) is 12.1 Å². The van der Waals surface area contributed by atoms with E-state index in [0.717, 1.165) is 46.9 Å². The quantitative estimate of drug-likeness (QED) is 0.758. The van der Waals surface area contributed by atoms with E-state index in [9.17, 15) is 4.79 Å². The second kappa shape index (κ2) is 5.65. The van der Waals surface area contributed by atoms with E-state index in [4.69, 9.17) is 0 Å². The van der Waals surface area contributed by atoms with Gasteiger partial charge in [0.1, 0.15) is 11.6 Å². The number of hydrogen-bond donors (Lipinski definition) is 1. The first-order valence-corrected chi connectivity index (χ1v) is 8.44. The molecule has 8 nitrogen and oxygen atoms in total. The minimum atomic E-state index is -0.0780. The average Bonchev–Trinajstić information content (AvgIpc) is 3.07. The number of carbonyl (C=O) groups is 1. The van der Waals surface area contributed by atoms with Crippen LogP contribution >= 0.6 is 0 Å². The minimum Gasteiger partial charge on any atom is -0.347 e. The molecule has 4 heterocycles. The van der Waals surface area contributed by atoms with Crippen molar-refractivity contribution in [1.29, 1.82) is 0 Å². The lowest BCUT2D eigenvalue weighted by Gasteiger charge is -2.25. The van der Waals surface area contributed by atoms with Crippen LogP contribution < -0.4 is 5.32 Å². The fourth-order valence-corrected chi connectivity index (χ4v) is 3.59. The number of aromatic nitrogens is 6. The number of pyridine rings is 1. The molecule has 3 aromatic heterocycles. The van der Waals surface area contributed by atoms with Gasteiger partial charge in [0.25, 0.3) is 5.91 Å². The zero-order chi connectivity index (χ0) is 17.7. The lowest BCUT2D eigenvalue weighted by atomic mass is 10.0. The van der Waals surface area contributed by atoms with Gasteiger partial charge >= 0.3 is 0 Å². The first kappa shape index (κ1) is 15.7. The van der Waals surface area contributed by atoms with Crippen molar-refractivity contribution in [1.82, 2.24) is 34.8 Å². The molecule has 1 atom stereocenters. The number of carbonyl (C=O) groups excluding carboxylic acids is 1. The van der Waals surface area contributed by atoms with Crippen LogP contribution in [0.2, 0.25) is 0 Å². The van der Waals surface area contributed by atoms with Crippen LogP contribution in [0.25, 0.3) is 11.0 Å². The number of fused-ring (bicyclic) bond motifs is 2. The third kappa shape index (κ3) is 2.57. The summed E-state index contributed by atoms with van der Waals surface area (Å²) < 4.78 is 3.80. The fraction of sp³-hybridized carbons (Fsp3) is 0.471. The number of aryl methyl sites for hydroxylation is 5. The zero-order valence-corrected chi connectivity index (χ0v) is 14.9. The van der Waals surface area contributed by atoms with Crippen LogP contribution in [0.4, 0.5) is 0 Å². The lowest BCUT2D eigenvalue weighted by Crippen LogP contribution is -2.41. The lowest BCUT2D eigenvalue weighted by molar-refractivity contribution is 0.0928. The molecule has 1 unspecified atom stereocenters. The Morgan fingerprint density at radius 2 is 2.08 bits per heavy atom. The highest BCUT2D eigenvalue weighted by molar-refractivity contribution is 6.06. The van der Waals surface area contributed by atoms with Crippen molar-refractivity contribution in [2.75, 3.05) is 0 Å². The minimum absolute atomic E-state index is 0.0650. The van der Waals surface area contributed by atoms with E-state index < -0.39 is 0 Å². The van der Waals surface area contributed by atoms with Crippen molar-refractivity contribution in [2.24, 2.45) is 7.05 Å². The summed E-state index contributed by atoms with van der Waals surface area (Å²) in [4.78, 5) is 17.5. The van der Waals surface area contributed by atoms with Gasteiger partial charge in [-0.3, -0.25) is 9.48 Å². The molecule has 0 saturated carbocycles. The Kier molecular flexibility index (Phi) is 3.55. The molecule has 8 heteroatoms. The summed E-state index contributed by atoms with van der Waals surface area (Å²) in [5.74, 6) is 1.80. The summed E-state index contributed by atoms with van der Waals surface area (Å²) in [6, 6.07) is 1.90. The van der Waals surface area contributed by atoms with E-state index in [1.54, 1.807) is 4.68 Å². The van der Waals surface area contributed by atoms with Crippen LogP contribution in [-0.4, -0.2) is 41.5 Å². The topological polar surface area (TPSA) is 90.5 Å². The number of nitrogens with zero attached hydrogens (tertiary/aromatic N) is 6. The van der Waals surface area contributed by atoms with Gasteiger partial charge < -0.3 is 9.88 Å². The van der Waals surface area contributed by atoms with Gasteiger partial charge in [-0.05, 0) is 33.3 Å². The van der Waals surface area contributed by atoms with E-state index in [-0.39, 0.29) is 11.9 Å². The predicted octanol–water partition coefficient (Wildman–Crippen LogP) is 1.23. The Hall–Kier alpha value is -2.77. The fourth-order valence-electron chi connectivity index (χ4n) is 3.59. The van der Waals surface area contributed by atoms with E-state index in [2.05, 4.69) is 30.2 Å². The average molecular weight is 339 g/mol. The molecule has 1 aliphatic rings. The van der Waals surface area contributed by atoms with E-state index in [1.165, 1.54) is 0 Å². The van der Waals surface area contributed by atoms with Crippen molar-refractivity contribution >= 4 is 16.9 Å². The van der Waals surface area contributed by atoms with E-state index >= 15 is 0 Å². The molecule has 4 rings (SSSR count). The molecule has 25 heavy (non-hydrogen) atoms. The van der Waals surface area contributed by atoms with Crippen molar-refractivity contribution in [2.45, 2.75) is 46.2 Å². The molecule has 0 fully saturated rings. The maximum Gasteiger partial charge on any atom is 0.252 e. The third-order valence-corrected chi connectivity index (χ3v) is 4.81. The molecule has 0 bridgehead atoms. The van der Waals surface area contributed by atoms with Crippen molar-refractivity contribution in [3.8, 4) is 0 Å². The SMILES string of the molecule is Cc1cc(C(=O)NC2CCc3nnc(C)n3C2)c2c(C)nn(C)c2n1. The molecule has 1 N–H and O–H groups in total. The third-order valence-electron chi connectivity index (χ3n) is 4.81. The smallest absolute Gasteiger partial charge is 0.252 e. The summed E-state index contributed by atoms with van der Waals surface area (Å²) in [6.45, 7) is 6.45. The molecule has 130 valence electrons. The Labute approximate surface area is 145 Å². The summed E-state index contributed by atoms with van der Waals surface area (Å²) in [5.41, 5.74) is 3.00. The summed E-state index contributed by atoms with van der Waals surface area (Å²) in [7, 11) is 1.85. The molecule has 0 aromatic carbocycles. The second-order valence-electron chi connectivity index (χ2n) is 6.70. The largest absolute Gasteiger partial charge is 0.347 e. The van der Waals surface area contributed by atoms with Crippen LogP contribution in [0.1, 0.15) is 39.8 Å². The van der Waals surface area contributed by atoms with Crippen molar-refractivity contribution in [3.05, 3.63) is 34.7 Å². The van der Waals surface area contributed by atoms with Gasteiger partial charge in [-0.25, -0.2) is 4.98 Å². The van der Waals surface area contributed by atoms with Gasteiger partial charge in [-0.1, -0.05) is 0 Å². The number of nitrogens with one attached hydrogen (secondary N) is 1. The molecule has 0 radical (unpaired) electrons. The van der Waals surface area contributed by atoms with Crippen LogP contribution in [0, 0.1) is 20.8 Å². The number of hydrogen-bond acceptors (Lipinski definition) is 5. The molecule has 0 spiro atoms. The molecule has 1 aliphatic heterocycles. The Morgan fingerprint density at radius 3 is 2.88 bits per heavy atom. The maximum absolute atomic E-state index is 13.0. The summed E-state index contributed by atoms with van der Waals surface area (Å²) in [6.07, 6.45) is 1.69. The Balaban J connectivity index is 1.64. The molecule has 3 aromatic rings. The molecule has 0 aliphatic carbocycles. The molecular formula is C17H21N7O. The van der Waals surface area contributed by atoms with Gasteiger partial charge in [-0.2, -0.15) is 5.10 Å². The van der Waals surface area contributed by atoms with Gasteiger partial charge in [0, 0.05) is 31.7 Å². The maximum atomic E-state index is 13.0. The molecular weight excluding hydrogens is 318 g/mol. The van der Waals surface area contributed by atoms with Gasteiger partial charge in [0.2, 0.25) is 0 Å². The highest BCUT2D eigenvalue weighted by atomic mass is 16.1. The number of amides is 1. The Morgan fingerprint density at radius 1 is 1.28 bits per heavy atom. The summed E-state index contributed by atoms with van der Waals surface area (Å²) in [5, 5.41) is 16.7. The second-order valence-corrected chi connectivity index (χ2v) is 6.70. The van der Waals surface area contributed by atoms with Gasteiger partial charge in [-0.15, -0.1) is 10.2 Å². The van der Waals surface area contributed by atoms with Crippen molar-refractivity contribution < 1.29 is 4.79 Å². The summed E-state index contributed by atoms with van der Waals surface area (Å²) >= 11 is 0. The highest BCUT2D eigenvalue weighted by Gasteiger charge is 2.25. The highest BCUT2D eigenvalue weighted by Crippen LogP contribution is 2.22. The normalized spacial score (nSPS) is 16.9. The van der Waals surface area contributed by atoms with Gasteiger partial charge in [0.15, 0.2) is 5.65 Å². The van der Waals surface area contributed by atoms with Crippen LogP contribution in [0.3, 0.4) is 0 Å². The van der Waals surface area contributed by atoms with E-state index in [1.807, 2.05) is 33.9 Å². The monoisotopic (exact) mass is 339 g/mol. The van der Waals surface area contributed by atoms with Crippen molar-refractivity contribution in [3.63, 3.8) is 0 Å². The zero-order valence-electron chi connectivity index (χ0n) is 14.9. The first-order valence-electron chi connectivity index (χ1n) is 8.44. The predicted molar refractivity (Wildman–Crippen MR) is 92.3 cm³/mol. The van der Waals surface area contributed by atoms with Crippen LogP contribution in [0.15, 0.2) is 6.07 Å². The van der Waals surface area contributed by atoms with Gasteiger partial charge in [0.05, 0.1) is 16.6 Å². The standard InChI is InChI=1S/C17H21N7O/c1-9-7-13(15-10(2)22-23(4)16(15)18-9)17(25)19-12-5-6-14-21-20-11(3)24(14)8-12/h7,12H,5-6,8H2,1-4H3,(H,19,25). The van der Waals surface area contributed by atoms with Crippen LogP contribution in [0.5, 0.6) is 0 Å². The Bertz CT molecular complexity index is 985. The van der Waals surface area contributed by atoms with Crippen LogP contribution in [-0.2, 0) is 20.0 Å². The molecule has 1 amide bonds. The number of rotatable bonds is 2. The molecule has 0 saturated heterocycles. The first-order chi connectivity index (χ1) is 11.9.